The maximum absolute atomic E-state index is 10.7. The Kier molecular flexibility index (Phi) is 4.98. The number of nitrogens with one attached hydrogen (secondary N) is 2. The smallest absolute Gasteiger partial charge is 0.270 e. The Bertz CT molecular complexity index is 459. The number of rotatable bonds is 4. The van der Waals surface area contributed by atoms with E-state index in [2.05, 4.69) is 33.2 Å². The molecule has 0 amide bonds. The molecule has 2 N–H and O–H groups in total. The van der Waals surface area contributed by atoms with E-state index < -0.39 is 0 Å². The molecule has 0 bridgehead atoms. The molecule has 1 aliphatic rings. The van der Waals surface area contributed by atoms with Crippen LogP contribution in [0, 0.1) is 13.7 Å². The lowest BCUT2D eigenvalue weighted by Crippen LogP contribution is -2.35. The standard InChI is InChI=1S/C13H18IN3O2/c1-15-9-2-4-10(5-3-9)16-13-7-6-11(17(18)19)8-12(13)14/h6-10,15-16H,2-5H2,1H3. The van der Waals surface area contributed by atoms with Crippen LogP contribution in [0.1, 0.15) is 25.7 Å². The highest BCUT2D eigenvalue weighted by molar-refractivity contribution is 14.1. The molecular formula is C13H18IN3O2. The summed E-state index contributed by atoms with van der Waals surface area (Å²) in [7, 11) is 2.01. The van der Waals surface area contributed by atoms with Crippen LogP contribution < -0.4 is 10.6 Å². The third-order valence-corrected chi connectivity index (χ3v) is 4.55. The van der Waals surface area contributed by atoms with Crippen molar-refractivity contribution < 1.29 is 4.92 Å². The van der Waals surface area contributed by atoms with Crippen molar-refractivity contribution in [2.24, 2.45) is 0 Å². The second-order valence-corrected chi connectivity index (χ2v) is 6.07. The number of hydrogen-bond acceptors (Lipinski definition) is 4. The molecule has 1 aromatic rings. The van der Waals surface area contributed by atoms with Gasteiger partial charge in [-0.1, -0.05) is 0 Å². The molecule has 0 saturated heterocycles. The summed E-state index contributed by atoms with van der Waals surface area (Å²) < 4.78 is 0.905. The summed E-state index contributed by atoms with van der Waals surface area (Å²) in [6.07, 6.45) is 4.63. The summed E-state index contributed by atoms with van der Waals surface area (Å²) in [4.78, 5) is 10.3. The third-order valence-electron chi connectivity index (χ3n) is 3.66. The van der Waals surface area contributed by atoms with Crippen LogP contribution in [0.5, 0.6) is 0 Å². The van der Waals surface area contributed by atoms with Crippen molar-refractivity contribution in [3.05, 3.63) is 31.9 Å². The predicted molar refractivity (Wildman–Crippen MR) is 84.5 cm³/mol. The van der Waals surface area contributed by atoms with E-state index in [1.165, 1.54) is 12.8 Å². The highest BCUT2D eigenvalue weighted by Crippen LogP contribution is 2.27. The number of non-ortho nitro benzene ring substituents is 1. The molecule has 1 aliphatic carbocycles. The molecule has 1 saturated carbocycles. The van der Waals surface area contributed by atoms with E-state index in [9.17, 15) is 10.1 Å². The molecule has 0 atom stereocenters. The van der Waals surface area contributed by atoms with Crippen LogP contribution in [0.3, 0.4) is 0 Å². The van der Waals surface area contributed by atoms with Crippen LogP contribution in [-0.4, -0.2) is 24.1 Å². The molecule has 0 spiro atoms. The SMILES string of the molecule is CNC1CCC(Nc2ccc([N+](=O)[O-])cc2I)CC1. The van der Waals surface area contributed by atoms with Crippen molar-refractivity contribution in [2.75, 3.05) is 12.4 Å². The van der Waals surface area contributed by atoms with Gasteiger partial charge >= 0.3 is 0 Å². The van der Waals surface area contributed by atoms with E-state index in [4.69, 9.17) is 0 Å². The quantitative estimate of drug-likeness (QED) is 0.482. The highest BCUT2D eigenvalue weighted by Gasteiger charge is 2.20. The second kappa shape index (κ2) is 6.51. The Hall–Kier alpha value is -0.890. The van der Waals surface area contributed by atoms with Crippen LogP contribution >= 0.6 is 22.6 Å². The summed E-state index contributed by atoms with van der Waals surface area (Å²) in [5, 5.41) is 17.5. The predicted octanol–water partition coefficient (Wildman–Crippen LogP) is 3.14. The fourth-order valence-corrected chi connectivity index (χ4v) is 3.14. The highest BCUT2D eigenvalue weighted by atomic mass is 127. The maximum atomic E-state index is 10.7. The average Bonchev–Trinajstić information content (AvgIpc) is 2.41. The number of nitrogens with zero attached hydrogens (tertiary/aromatic N) is 1. The Labute approximate surface area is 126 Å². The number of halogens is 1. The molecule has 0 aliphatic heterocycles. The minimum absolute atomic E-state index is 0.147. The van der Waals surface area contributed by atoms with Gasteiger partial charge in [-0.3, -0.25) is 10.1 Å². The summed E-state index contributed by atoms with van der Waals surface area (Å²) in [5.41, 5.74) is 1.15. The lowest BCUT2D eigenvalue weighted by Gasteiger charge is -2.29. The fraction of sp³-hybridized carbons (Fsp3) is 0.538. The Morgan fingerprint density at radius 2 is 1.89 bits per heavy atom. The second-order valence-electron chi connectivity index (χ2n) is 4.90. The van der Waals surface area contributed by atoms with Crippen molar-refractivity contribution in [1.29, 1.82) is 0 Å². The van der Waals surface area contributed by atoms with E-state index >= 15 is 0 Å². The van der Waals surface area contributed by atoms with Gasteiger partial charge in [0.2, 0.25) is 0 Å². The van der Waals surface area contributed by atoms with E-state index in [0.29, 0.717) is 12.1 Å². The van der Waals surface area contributed by atoms with Gasteiger partial charge in [0, 0.05) is 33.5 Å². The van der Waals surface area contributed by atoms with Gasteiger partial charge in [0.05, 0.1) is 4.92 Å². The zero-order valence-electron chi connectivity index (χ0n) is 10.9. The normalized spacial score (nSPS) is 23.1. The first-order valence-electron chi connectivity index (χ1n) is 6.48. The number of nitro groups is 1. The molecule has 0 radical (unpaired) electrons. The van der Waals surface area contributed by atoms with Gasteiger partial charge in [-0.05, 0) is 61.4 Å². The minimum Gasteiger partial charge on any atom is -0.381 e. The average molecular weight is 375 g/mol. The number of benzene rings is 1. The third kappa shape index (κ3) is 3.79. The van der Waals surface area contributed by atoms with Gasteiger partial charge in [0.1, 0.15) is 0 Å². The van der Waals surface area contributed by atoms with Crippen molar-refractivity contribution in [1.82, 2.24) is 5.32 Å². The Morgan fingerprint density at radius 3 is 2.42 bits per heavy atom. The number of hydrogen-bond donors (Lipinski definition) is 2. The van der Waals surface area contributed by atoms with E-state index in [1.807, 2.05) is 13.1 Å². The molecule has 1 aromatic carbocycles. The number of nitro benzene ring substituents is 1. The Morgan fingerprint density at radius 1 is 1.26 bits per heavy atom. The first kappa shape index (κ1) is 14.5. The van der Waals surface area contributed by atoms with Gasteiger partial charge in [-0.15, -0.1) is 0 Å². The molecule has 6 heteroatoms. The van der Waals surface area contributed by atoms with Crippen LogP contribution in [0.2, 0.25) is 0 Å². The first-order chi connectivity index (χ1) is 9.10. The van der Waals surface area contributed by atoms with E-state index in [-0.39, 0.29) is 10.6 Å². The zero-order chi connectivity index (χ0) is 13.8. The lowest BCUT2D eigenvalue weighted by atomic mass is 9.91. The van der Waals surface area contributed by atoms with Crippen molar-refractivity contribution in [3.63, 3.8) is 0 Å². The van der Waals surface area contributed by atoms with Crippen LogP contribution in [0.4, 0.5) is 11.4 Å². The van der Waals surface area contributed by atoms with Gasteiger partial charge in [-0.25, -0.2) is 0 Å². The molecule has 0 heterocycles. The molecule has 0 aromatic heterocycles. The van der Waals surface area contributed by atoms with Gasteiger partial charge in [0.15, 0.2) is 0 Å². The first-order valence-corrected chi connectivity index (χ1v) is 7.55. The van der Waals surface area contributed by atoms with E-state index in [1.54, 1.807) is 12.1 Å². The monoisotopic (exact) mass is 375 g/mol. The van der Waals surface area contributed by atoms with Crippen molar-refractivity contribution in [3.8, 4) is 0 Å². The zero-order valence-corrected chi connectivity index (χ0v) is 13.0. The van der Waals surface area contributed by atoms with E-state index in [0.717, 1.165) is 22.1 Å². The van der Waals surface area contributed by atoms with Gasteiger partial charge in [0.25, 0.3) is 5.69 Å². The molecule has 0 unspecified atom stereocenters. The van der Waals surface area contributed by atoms with Gasteiger partial charge in [-0.2, -0.15) is 0 Å². The molecule has 5 nitrogen and oxygen atoms in total. The maximum Gasteiger partial charge on any atom is 0.270 e. The van der Waals surface area contributed by atoms with Crippen molar-refractivity contribution in [2.45, 2.75) is 37.8 Å². The van der Waals surface area contributed by atoms with Crippen LogP contribution in [-0.2, 0) is 0 Å². The fourth-order valence-electron chi connectivity index (χ4n) is 2.48. The molecule has 1 fully saturated rings. The summed E-state index contributed by atoms with van der Waals surface area (Å²) in [6.45, 7) is 0. The topological polar surface area (TPSA) is 67.2 Å². The molecular weight excluding hydrogens is 357 g/mol. The Balaban J connectivity index is 1.98. The minimum atomic E-state index is -0.357. The molecule has 104 valence electrons. The number of anilines is 1. The lowest BCUT2D eigenvalue weighted by molar-refractivity contribution is -0.384. The van der Waals surface area contributed by atoms with Gasteiger partial charge < -0.3 is 10.6 Å². The summed E-state index contributed by atoms with van der Waals surface area (Å²) in [6, 6.07) is 6.09. The molecule has 2 rings (SSSR count). The largest absolute Gasteiger partial charge is 0.381 e. The summed E-state index contributed by atoms with van der Waals surface area (Å²) in [5.74, 6) is 0. The molecule has 19 heavy (non-hydrogen) atoms. The van der Waals surface area contributed by atoms with Crippen molar-refractivity contribution >= 4 is 34.0 Å². The van der Waals surface area contributed by atoms with Crippen LogP contribution in [0.15, 0.2) is 18.2 Å². The van der Waals surface area contributed by atoms with Crippen LogP contribution in [0.25, 0.3) is 0 Å². The summed E-state index contributed by atoms with van der Waals surface area (Å²) >= 11 is 2.15.